The summed E-state index contributed by atoms with van der Waals surface area (Å²) >= 11 is 0. The van der Waals surface area contributed by atoms with Crippen LogP contribution in [0.25, 0.3) is 11.1 Å². The maximum Gasteiger partial charge on any atom is 0.343 e. The van der Waals surface area contributed by atoms with E-state index in [9.17, 15) is 14.4 Å². The molecule has 0 aliphatic carbocycles. The average Bonchev–Trinajstić information content (AvgIpc) is 2.99. The van der Waals surface area contributed by atoms with E-state index in [4.69, 9.17) is 14.6 Å². The molecular weight excluding hydrogens is 528 g/mol. The van der Waals surface area contributed by atoms with E-state index in [0.717, 1.165) is 67.2 Å². The molecule has 224 valence electrons. The van der Waals surface area contributed by atoms with Crippen molar-refractivity contribution in [2.24, 2.45) is 0 Å². The lowest BCUT2D eigenvalue weighted by Crippen LogP contribution is -2.15. The molecule has 2 atom stereocenters. The number of rotatable bonds is 15. The largest absolute Gasteiger partial charge is 0.478 e. The molecule has 6 heteroatoms. The van der Waals surface area contributed by atoms with Crippen molar-refractivity contribution in [1.29, 1.82) is 0 Å². The fraction of sp³-hybridized carbons (Fsp3) is 0.417. The average molecular weight is 573 g/mol. The number of unbranched alkanes of at least 4 members (excludes halogenated alkanes) is 3. The first-order valence-corrected chi connectivity index (χ1v) is 15.2. The third kappa shape index (κ3) is 8.78. The van der Waals surface area contributed by atoms with Gasteiger partial charge in [0.25, 0.3) is 0 Å². The number of aryl methyl sites for hydroxylation is 1. The fourth-order valence-corrected chi connectivity index (χ4v) is 5.05. The van der Waals surface area contributed by atoms with Crippen molar-refractivity contribution in [3.8, 4) is 16.9 Å². The Hall–Kier alpha value is -3.93. The van der Waals surface area contributed by atoms with Gasteiger partial charge in [-0.3, -0.25) is 0 Å². The third-order valence-electron chi connectivity index (χ3n) is 7.65. The Balaban J connectivity index is 1.88. The first-order chi connectivity index (χ1) is 20.2. The monoisotopic (exact) mass is 572 g/mol. The fourth-order valence-electron chi connectivity index (χ4n) is 5.05. The van der Waals surface area contributed by atoms with Crippen LogP contribution in [0.15, 0.2) is 60.7 Å². The van der Waals surface area contributed by atoms with E-state index in [1.54, 1.807) is 6.07 Å². The highest BCUT2D eigenvalue weighted by molar-refractivity contribution is 5.94. The molecule has 0 radical (unpaired) electrons. The molecule has 0 spiro atoms. The van der Waals surface area contributed by atoms with Crippen molar-refractivity contribution in [1.82, 2.24) is 0 Å². The molecule has 0 unspecified atom stereocenters. The van der Waals surface area contributed by atoms with Gasteiger partial charge < -0.3 is 14.6 Å². The Labute approximate surface area is 250 Å². The van der Waals surface area contributed by atoms with Crippen LogP contribution in [0.2, 0.25) is 0 Å². The molecule has 3 aromatic rings. The number of aromatic carboxylic acids is 1. The van der Waals surface area contributed by atoms with Crippen LogP contribution in [0.3, 0.4) is 0 Å². The smallest absolute Gasteiger partial charge is 0.343 e. The third-order valence-corrected chi connectivity index (χ3v) is 7.65. The van der Waals surface area contributed by atoms with Gasteiger partial charge in [-0.15, -0.1) is 0 Å². The summed E-state index contributed by atoms with van der Waals surface area (Å²) in [7, 11) is 0. The van der Waals surface area contributed by atoms with E-state index in [1.807, 2.05) is 44.2 Å². The molecule has 0 aliphatic rings. The highest BCUT2D eigenvalue weighted by Gasteiger charge is 2.19. The minimum Gasteiger partial charge on any atom is -0.478 e. The number of hydrogen-bond donors (Lipinski definition) is 1. The molecule has 0 heterocycles. The Bertz CT molecular complexity index is 1360. The van der Waals surface area contributed by atoms with Crippen molar-refractivity contribution in [2.45, 2.75) is 98.0 Å². The molecule has 0 amide bonds. The number of ether oxygens (including phenoxy) is 2. The van der Waals surface area contributed by atoms with E-state index in [-0.39, 0.29) is 29.1 Å². The van der Waals surface area contributed by atoms with Crippen LogP contribution in [-0.2, 0) is 11.2 Å². The van der Waals surface area contributed by atoms with Crippen LogP contribution in [-0.4, -0.2) is 29.1 Å². The molecule has 3 aromatic carbocycles. The molecule has 0 aliphatic heterocycles. The Morgan fingerprint density at radius 2 is 1.40 bits per heavy atom. The number of carbonyl (C=O) groups excluding carboxylic acids is 2. The summed E-state index contributed by atoms with van der Waals surface area (Å²) in [6.45, 7) is 10.5. The second-order valence-corrected chi connectivity index (χ2v) is 11.0. The Morgan fingerprint density at radius 3 is 2.05 bits per heavy atom. The normalized spacial score (nSPS) is 12.4. The van der Waals surface area contributed by atoms with Gasteiger partial charge in [-0.1, -0.05) is 65.5 Å². The van der Waals surface area contributed by atoms with Crippen molar-refractivity contribution in [3.05, 3.63) is 88.5 Å². The van der Waals surface area contributed by atoms with Crippen LogP contribution in [0.4, 0.5) is 0 Å². The highest BCUT2D eigenvalue weighted by Crippen LogP contribution is 2.35. The van der Waals surface area contributed by atoms with Crippen LogP contribution < -0.4 is 4.74 Å². The molecule has 3 rings (SSSR count). The maximum absolute atomic E-state index is 13.0. The summed E-state index contributed by atoms with van der Waals surface area (Å²) < 4.78 is 11.5. The second-order valence-electron chi connectivity index (χ2n) is 11.0. The van der Waals surface area contributed by atoms with E-state index < -0.39 is 11.9 Å². The lowest BCUT2D eigenvalue weighted by Gasteiger charge is -2.20. The number of hydrogen-bond acceptors (Lipinski definition) is 5. The van der Waals surface area contributed by atoms with Gasteiger partial charge in [-0.2, -0.15) is 0 Å². The lowest BCUT2D eigenvalue weighted by atomic mass is 9.86. The highest BCUT2D eigenvalue weighted by atomic mass is 16.5. The predicted molar refractivity (Wildman–Crippen MR) is 167 cm³/mol. The van der Waals surface area contributed by atoms with Crippen molar-refractivity contribution < 1.29 is 29.0 Å². The Morgan fingerprint density at radius 1 is 0.738 bits per heavy atom. The van der Waals surface area contributed by atoms with Gasteiger partial charge in [0.1, 0.15) is 5.75 Å². The summed E-state index contributed by atoms with van der Waals surface area (Å²) in [5, 5.41) is 9.11. The minimum atomic E-state index is -1.05. The zero-order valence-electron chi connectivity index (χ0n) is 25.6. The molecular formula is C36H44O6. The minimum absolute atomic E-state index is 0.106. The van der Waals surface area contributed by atoms with Gasteiger partial charge in [0.15, 0.2) is 0 Å². The van der Waals surface area contributed by atoms with Gasteiger partial charge in [0, 0.05) is 0 Å². The van der Waals surface area contributed by atoms with E-state index in [0.29, 0.717) is 17.7 Å². The first-order valence-electron chi connectivity index (χ1n) is 15.2. The SMILES string of the molecule is CCCCC[C@@H](C)OC(=O)c1ccc(-c2ccc(OC(=O)c3ccc(C(=O)O)cc3)c(CC)c2)c([C@H](C)CCCC)c1. The van der Waals surface area contributed by atoms with Gasteiger partial charge in [-0.05, 0) is 109 Å². The van der Waals surface area contributed by atoms with E-state index in [1.165, 1.54) is 24.3 Å². The van der Waals surface area contributed by atoms with Gasteiger partial charge >= 0.3 is 17.9 Å². The van der Waals surface area contributed by atoms with E-state index >= 15 is 0 Å². The molecule has 1 N–H and O–H groups in total. The summed E-state index contributed by atoms with van der Waals surface area (Å²) in [5.41, 5.74) is 4.96. The lowest BCUT2D eigenvalue weighted by molar-refractivity contribution is 0.0319. The molecule has 0 saturated carbocycles. The maximum atomic E-state index is 13.0. The standard InChI is InChI=1S/C36H44O6/c1-6-9-11-13-25(5)41-36(40)30-18-20-31(32(23-30)24(4)12-10-7-2)29-19-21-33(26(8-3)22-29)42-35(39)28-16-14-27(15-17-28)34(37)38/h14-25H,6-13H2,1-5H3,(H,37,38)/t24-,25-/m1/s1. The summed E-state index contributed by atoms with van der Waals surface area (Å²) in [4.78, 5) is 37.0. The summed E-state index contributed by atoms with van der Waals surface area (Å²) in [5.74, 6) is -1.18. The molecule has 0 bridgehead atoms. The van der Waals surface area contributed by atoms with Crippen LogP contribution in [0.5, 0.6) is 5.75 Å². The van der Waals surface area contributed by atoms with Crippen molar-refractivity contribution in [3.63, 3.8) is 0 Å². The topological polar surface area (TPSA) is 89.9 Å². The number of benzene rings is 3. The molecule has 6 nitrogen and oxygen atoms in total. The zero-order chi connectivity index (χ0) is 30.6. The number of carbonyl (C=O) groups is 3. The van der Waals surface area contributed by atoms with Crippen LogP contribution in [0.1, 0.15) is 128 Å². The van der Waals surface area contributed by atoms with Gasteiger partial charge in [0.2, 0.25) is 0 Å². The number of carboxylic acid groups (broad SMARTS) is 1. The van der Waals surface area contributed by atoms with Gasteiger partial charge in [0.05, 0.1) is 22.8 Å². The van der Waals surface area contributed by atoms with Gasteiger partial charge in [-0.25, -0.2) is 14.4 Å². The second kappa shape index (κ2) is 15.9. The molecule has 42 heavy (non-hydrogen) atoms. The number of carboxylic acids is 1. The van der Waals surface area contributed by atoms with Crippen molar-refractivity contribution in [2.75, 3.05) is 0 Å². The molecule has 0 aromatic heterocycles. The molecule has 0 saturated heterocycles. The Kier molecular flexibility index (Phi) is 12.3. The zero-order valence-corrected chi connectivity index (χ0v) is 25.6. The molecule has 0 fully saturated rings. The first kappa shape index (κ1) is 32.6. The quantitative estimate of drug-likeness (QED) is 0.111. The van der Waals surface area contributed by atoms with Crippen LogP contribution in [0, 0.1) is 0 Å². The summed E-state index contributed by atoms with van der Waals surface area (Å²) in [6.07, 6.45) is 7.89. The van der Waals surface area contributed by atoms with E-state index in [2.05, 4.69) is 20.8 Å². The summed E-state index contributed by atoms with van der Waals surface area (Å²) in [6, 6.07) is 17.3. The van der Waals surface area contributed by atoms with Crippen LogP contribution >= 0.6 is 0 Å². The predicted octanol–water partition coefficient (Wildman–Crippen LogP) is 9.25. The van der Waals surface area contributed by atoms with Crippen molar-refractivity contribution >= 4 is 17.9 Å². The number of esters is 2.